The SMILES string of the molecule is CC(O)(CNC(=O)NC1(C(F)(F)F)CC1)C(=O)O. The molecule has 0 spiro atoms. The number of nitrogens with one attached hydrogen (secondary N) is 2. The lowest BCUT2D eigenvalue weighted by Crippen LogP contribution is -2.55. The van der Waals surface area contributed by atoms with Gasteiger partial charge in [-0.2, -0.15) is 13.2 Å². The zero-order valence-corrected chi connectivity index (χ0v) is 9.47. The Morgan fingerprint density at radius 1 is 1.33 bits per heavy atom. The Kier molecular flexibility index (Phi) is 3.48. The molecule has 1 aliphatic carbocycles. The quantitative estimate of drug-likeness (QED) is 0.587. The lowest BCUT2D eigenvalue weighted by molar-refractivity contribution is -0.163. The largest absolute Gasteiger partial charge is 0.479 e. The minimum Gasteiger partial charge on any atom is -0.479 e. The zero-order valence-electron chi connectivity index (χ0n) is 9.47. The van der Waals surface area contributed by atoms with Gasteiger partial charge < -0.3 is 20.8 Å². The van der Waals surface area contributed by atoms with Crippen LogP contribution in [0.1, 0.15) is 19.8 Å². The molecule has 0 aliphatic heterocycles. The molecule has 18 heavy (non-hydrogen) atoms. The lowest BCUT2D eigenvalue weighted by atomic mass is 10.1. The molecule has 1 aliphatic rings. The van der Waals surface area contributed by atoms with Crippen LogP contribution in [0.4, 0.5) is 18.0 Å². The van der Waals surface area contributed by atoms with E-state index in [4.69, 9.17) is 5.11 Å². The van der Waals surface area contributed by atoms with Crippen molar-refractivity contribution >= 4 is 12.0 Å². The average molecular weight is 270 g/mol. The van der Waals surface area contributed by atoms with E-state index in [0.29, 0.717) is 0 Å². The van der Waals surface area contributed by atoms with E-state index in [2.05, 4.69) is 0 Å². The Bertz CT molecular complexity index is 363. The van der Waals surface area contributed by atoms with Crippen LogP contribution in [0, 0.1) is 0 Å². The monoisotopic (exact) mass is 270 g/mol. The maximum atomic E-state index is 12.5. The molecule has 1 unspecified atom stereocenters. The number of carboxylic acids is 1. The molecule has 1 fully saturated rings. The fourth-order valence-corrected chi connectivity index (χ4v) is 1.19. The van der Waals surface area contributed by atoms with Gasteiger partial charge in [-0.25, -0.2) is 9.59 Å². The Labute approximate surface area is 100 Å². The number of hydrogen-bond acceptors (Lipinski definition) is 3. The molecule has 0 aromatic heterocycles. The molecule has 1 rings (SSSR count). The molecule has 0 aromatic rings. The second kappa shape index (κ2) is 4.30. The van der Waals surface area contributed by atoms with Crippen molar-refractivity contribution in [1.29, 1.82) is 0 Å². The highest BCUT2D eigenvalue weighted by molar-refractivity contribution is 5.80. The van der Waals surface area contributed by atoms with Gasteiger partial charge in [0.05, 0.1) is 6.54 Å². The van der Waals surface area contributed by atoms with Crippen LogP contribution >= 0.6 is 0 Å². The molecule has 1 atom stereocenters. The number of amides is 2. The molecular formula is C9H13F3N2O4. The maximum Gasteiger partial charge on any atom is 0.411 e. The Balaban J connectivity index is 2.47. The second-order valence-electron chi connectivity index (χ2n) is 4.47. The van der Waals surface area contributed by atoms with Crippen LogP contribution in [0.5, 0.6) is 0 Å². The molecule has 9 heteroatoms. The van der Waals surface area contributed by atoms with E-state index < -0.39 is 35.9 Å². The predicted octanol–water partition coefficient (Wildman–Crippen LogP) is 0.216. The third-order valence-electron chi connectivity index (χ3n) is 2.70. The molecule has 0 heterocycles. The van der Waals surface area contributed by atoms with Crippen LogP contribution in [0.25, 0.3) is 0 Å². The molecule has 104 valence electrons. The van der Waals surface area contributed by atoms with Gasteiger partial charge in [0.15, 0.2) is 5.60 Å². The Hall–Kier alpha value is -1.51. The minimum atomic E-state index is -4.54. The van der Waals surface area contributed by atoms with Crippen LogP contribution in [0.15, 0.2) is 0 Å². The summed E-state index contributed by atoms with van der Waals surface area (Å²) in [5.74, 6) is -1.58. The summed E-state index contributed by atoms with van der Waals surface area (Å²) in [5.41, 5.74) is -4.45. The first kappa shape index (κ1) is 14.6. The third kappa shape index (κ3) is 3.03. The van der Waals surface area contributed by atoms with Gasteiger partial charge in [-0.05, 0) is 19.8 Å². The molecule has 1 saturated carbocycles. The van der Waals surface area contributed by atoms with Gasteiger partial charge in [0, 0.05) is 0 Å². The summed E-state index contributed by atoms with van der Waals surface area (Å²) in [5, 5.41) is 21.4. The van der Waals surface area contributed by atoms with Crippen molar-refractivity contribution in [2.24, 2.45) is 0 Å². The normalized spacial score (nSPS) is 20.7. The second-order valence-corrected chi connectivity index (χ2v) is 4.47. The summed E-state index contributed by atoms with van der Waals surface area (Å²) in [6.07, 6.45) is -4.96. The molecule has 0 bridgehead atoms. The van der Waals surface area contributed by atoms with E-state index in [-0.39, 0.29) is 12.8 Å². The van der Waals surface area contributed by atoms with E-state index in [9.17, 15) is 27.9 Å². The van der Waals surface area contributed by atoms with Gasteiger partial charge >= 0.3 is 18.2 Å². The first-order valence-electron chi connectivity index (χ1n) is 5.09. The fourth-order valence-electron chi connectivity index (χ4n) is 1.19. The van der Waals surface area contributed by atoms with Crippen molar-refractivity contribution in [2.75, 3.05) is 6.54 Å². The number of aliphatic hydroxyl groups is 1. The van der Waals surface area contributed by atoms with Crippen LogP contribution in [-0.4, -0.2) is 46.1 Å². The number of hydrogen-bond donors (Lipinski definition) is 4. The van der Waals surface area contributed by atoms with Crippen molar-refractivity contribution in [3.05, 3.63) is 0 Å². The minimum absolute atomic E-state index is 0.209. The van der Waals surface area contributed by atoms with Crippen molar-refractivity contribution in [3.63, 3.8) is 0 Å². The molecular weight excluding hydrogens is 257 g/mol. The standard InChI is InChI=1S/C9H13F3N2O4/c1-7(18,5(15)16)4-13-6(17)14-8(2-3-8)9(10,11)12/h18H,2-4H2,1H3,(H,15,16)(H2,13,14,17). The summed E-state index contributed by atoms with van der Waals surface area (Å²) in [6, 6.07) is -1.16. The Morgan fingerprint density at radius 3 is 2.17 bits per heavy atom. The van der Waals surface area contributed by atoms with Crippen molar-refractivity contribution < 1.29 is 33.0 Å². The molecule has 0 radical (unpaired) electrons. The van der Waals surface area contributed by atoms with Crippen LogP contribution in [0.3, 0.4) is 0 Å². The molecule has 0 aromatic carbocycles. The Morgan fingerprint density at radius 2 is 1.83 bits per heavy atom. The topological polar surface area (TPSA) is 98.7 Å². The van der Waals surface area contributed by atoms with Gasteiger partial charge in [-0.15, -0.1) is 0 Å². The van der Waals surface area contributed by atoms with Crippen LogP contribution in [0.2, 0.25) is 0 Å². The number of aliphatic carboxylic acids is 1. The van der Waals surface area contributed by atoms with Gasteiger partial charge in [0.25, 0.3) is 0 Å². The first-order chi connectivity index (χ1) is 8.00. The molecule has 0 saturated heterocycles. The first-order valence-corrected chi connectivity index (χ1v) is 5.09. The van der Waals surface area contributed by atoms with Crippen molar-refractivity contribution in [1.82, 2.24) is 10.6 Å². The van der Waals surface area contributed by atoms with E-state index >= 15 is 0 Å². The van der Waals surface area contributed by atoms with Gasteiger partial charge in [-0.3, -0.25) is 0 Å². The van der Waals surface area contributed by atoms with Crippen molar-refractivity contribution in [2.45, 2.75) is 37.1 Å². The number of carboxylic acid groups (broad SMARTS) is 1. The van der Waals surface area contributed by atoms with Gasteiger partial charge in [0.1, 0.15) is 5.54 Å². The van der Waals surface area contributed by atoms with Crippen LogP contribution in [-0.2, 0) is 4.79 Å². The van der Waals surface area contributed by atoms with E-state index in [1.807, 2.05) is 5.32 Å². The van der Waals surface area contributed by atoms with Crippen molar-refractivity contribution in [3.8, 4) is 0 Å². The number of alkyl halides is 3. The number of urea groups is 1. The number of carbonyl (C=O) groups excluding carboxylic acids is 1. The van der Waals surface area contributed by atoms with E-state index in [0.717, 1.165) is 6.92 Å². The summed E-state index contributed by atoms with van der Waals surface area (Å²) in [6.45, 7) is 0.231. The summed E-state index contributed by atoms with van der Waals surface area (Å²) >= 11 is 0. The zero-order chi connectivity index (χ0) is 14.2. The van der Waals surface area contributed by atoms with Gasteiger partial charge in [0.2, 0.25) is 0 Å². The summed E-state index contributed by atoms with van der Waals surface area (Å²) < 4.78 is 37.4. The van der Waals surface area contributed by atoms with E-state index in [1.54, 1.807) is 5.32 Å². The maximum absolute atomic E-state index is 12.5. The summed E-state index contributed by atoms with van der Waals surface area (Å²) in [7, 11) is 0. The van der Waals surface area contributed by atoms with Crippen LogP contribution < -0.4 is 10.6 Å². The number of rotatable bonds is 4. The van der Waals surface area contributed by atoms with Gasteiger partial charge in [-0.1, -0.05) is 0 Å². The molecule has 4 N–H and O–H groups in total. The summed E-state index contributed by atoms with van der Waals surface area (Å²) in [4.78, 5) is 21.7. The molecule has 6 nitrogen and oxygen atoms in total. The lowest BCUT2D eigenvalue weighted by Gasteiger charge is -2.23. The smallest absolute Gasteiger partial charge is 0.411 e. The average Bonchev–Trinajstić information content (AvgIpc) is 2.95. The van der Waals surface area contributed by atoms with E-state index in [1.165, 1.54) is 0 Å². The predicted molar refractivity (Wildman–Crippen MR) is 52.8 cm³/mol. The number of carbonyl (C=O) groups is 2. The molecule has 2 amide bonds. The highest BCUT2D eigenvalue weighted by Gasteiger charge is 2.64. The highest BCUT2D eigenvalue weighted by atomic mass is 19.4. The number of halogens is 3. The third-order valence-corrected chi connectivity index (χ3v) is 2.70. The highest BCUT2D eigenvalue weighted by Crippen LogP contribution is 2.48. The fraction of sp³-hybridized carbons (Fsp3) is 0.778.